The van der Waals surface area contributed by atoms with Crippen LogP contribution in [0.2, 0.25) is 0 Å². The Morgan fingerprint density at radius 3 is 2.42 bits per heavy atom. The van der Waals surface area contributed by atoms with E-state index in [9.17, 15) is 4.21 Å². The lowest BCUT2D eigenvalue weighted by Gasteiger charge is -2.27. The molecule has 0 unspecified atom stereocenters. The summed E-state index contributed by atoms with van der Waals surface area (Å²) in [5, 5.41) is 0. The van der Waals surface area contributed by atoms with Crippen LogP contribution in [0.25, 0.3) is 0 Å². The summed E-state index contributed by atoms with van der Waals surface area (Å²) in [5.74, 6) is 1.74. The molecule has 1 fully saturated rings. The minimum atomic E-state index is -0.530. The summed E-state index contributed by atoms with van der Waals surface area (Å²) in [7, 11) is 3.64. The highest BCUT2D eigenvalue weighted by Crippen LogP contribution is 1.98. The van der Waals surface area contributed by atoms with Gasteiger partial charge in [0.05, 0.1) is 0 Å². The predicted octanol–water partition coefficient (Wildman–Crippen LogP) is -0.388. The monoisotopic (exact) mass is 190 g/mol. The van der Waals surface area contributed by atoms with Crippen molar-refractivity contribution in [3.63, 3.8) is 0 Å². The number of nitrogens with zero attached hydrogens (tertiary/aromatic N) is 2. The third-order valence-electron chi connectivity index (χ3n) is 2.13. The van der Waals surface area contributed by atoms with Gasteiger partial charge in [-0.2, -0.15) is 0 Å². The van der Waals surface area contributed by atoms with Crippen LogP contribution < -0.4 is 0 Å². The summed E-state index contributed by atoms with van der Waals surface area (Å²) >= 11 is 0. The molecular formula is C8H18N2OS. The molecule has 0 radical (unpaired) electrons. The standard InChI is InChI=1S/C8H18N2OS/c1-9(2)3-4-10-5-7-12(11)8-6-10/h3-8H2,1-2H3. The van der Waals surface area contributed by atoms with E-state index in [2.05, 4.69) is 23.9 Å². The van der Waals surface area contributed by atoms with Crippen LogP contribution in [0, 0.1) is 0 Å². The molecule has 0 amide bonds. The fourth-order valence-electron chi connectivity index (χ4n) is 1.24. The molecule has 1 saturated heterocycles. The van der Waals surface area contributed by atoms with E-state index in [0.29, 0.717) is 0 Å². The maximum Gasteiger partial charge on any atom is 0.0363 e. The van der Waals surface area contributed by atoms with Gasteiger partial charge < -0.3 is 9.80 Å². The van der Waals surface area contributed by atoms with Crippen LogP contribution >= 0.6 is 0 Å². The molecule has 0 aromatic heterocycles. The SMILES string of the molecule is CN(C)CCN1CCS(=O)CC1. The molecule has 0 aromatic carbocycles. The molecule has 0 bridgehead atoms. The van der Waals surface area contributed by atoms with E-state index in [4.69, 9.17) is 0 Å². The second-order valence-electron chi connectivity index (χ2n) is 3.49. The fourth-order valence-corrected chi connectivity index (χ4v) is 2.37. The van der Waals surface area contributed by atoms with Gasteiger partial charge in [0.2, 0.25) is 0 Å². The van der Waals surface area contributed by atoms with E-state index in [1.54, 1.807) is 0 Å². The molecule has 1 aliphatic rings. The largest absolute Gasteiger partial charge is 0.308 e. The highest BCUT2D eigenvalue weighted by Gasteiger charge is 2.14. The van der Waals surface area contributed by atoms with Crippen LogP contribution in [0.3, 0.4) is 0 Å². The van der Waals surface area contributed by atoms with Gasteiger partial charge in [0.25, 0.3) is 0 Å². The number of hydrogen-bond acceptors (Lipinski definition) is 3. The van der Waals surface area contributed by atoms with Gasteiger partial charge >= 0.3 is 0 Å². The molecule has 0 aromatic rings. The van der Waals surface area contributed by atoms with Crippen molar-refractivity contribution < 1.29 is 4.21 Å². The van der Waals surface area contributed by atoms with Crippen LogP contribution in [0.5, 0.6) is 0 Å². The van der Waals surface area contributed by atoms with Crippen molar-refractivity contribution in [2.75, 3.05) is 51.8 Å². The molecule has 0 atom stereocenters. The van der Waals surface area contributed by atoms with Crippen LogP contribution in [-0.4, -0.2) is 65.8 Å². The van der Waals surface area contributed by atoms with Crippen LogP contribution in [0.4, 0.5) is 0 Å². The maximum atomic E-state index is 11.0. The fraction of sp³-hybridized carbons (Fsp3) is 1.00. The molecule has 1 rings (SSSR count). The lowest BCUT2D eigenvalue weighted by Crippen LogP contribution is -2.41. The Morgan fingerprint density at radius 1 is 1.33 bits per heavy atom. The molecule has 0 N–H and O–H groups in total. The third kappa shape index (κ3) is 3.65. The summed E-state index contributed by atoms with van der Waals surface area (Å²) in [4.78, 5) is 4.58. The minimum absolute atomic E-state index is 0.530. The molecule has 4 heteroatoms. The third-order valence-corrected chi connectivity index (χ3v) is 3.41. The van der Waals surface area contributed by atoms with Crippen LogP contribution in [-0.2, 0) is 10.8 Å². The number of likely N-dealkylation sites (N-methyl/N-ethyl adjacent to an activating group) is 1. The second-order valence-corrected chi connectivity index (χ2v) is 5.19. The Labute approximate surface area is 77.2 Å². The topological polar surface area (TPSA) is 23.6 Å². The van der Waals surface area contributed by atoms with E-state index >= 15 is 0 Å². The van der Waals surface area contributed by atoms with E-state index in [-0.39, 0.29) is 0 Å². The van der Waals surface area contributed by atoms with Gasteiger partial charge in [0.1, 0.15) is 0 Å². The molecule has 1 heterocycles. The summed E-state index contributed by atoms with van der Waals surface area (Å²) in [6.45, 7) is 4.25. The minimum Gasteiger partial charge on any atom is -0.308 e. The Kier molecular flexibility index (Phi) is 4.18. The maximum absolute atomic E-state index is 11.0. The zero-order chi connectivity index (χ0) is 8.97. The van der Waals surface area contributed by atoms with E-state index in [1.807, 2.05) is 0 Å². The van der Waals surface area contributed by atoms with E-state index < -0.39 is 10.8 Å². The quantitative estimate of drug-likeness (QED) is 0.606. The van der Waals surface area contributed by atoms with Gasteiger partial charge in [-0.25, -0.2) is 0 Å². The summed E-state index contributed by atoms with van der Waals surface area (Å²) < 4.78 is 11.0. The van der Waals surface area contributed by atoms with Gasteiger partial charge in [-0.05, 0) is 14.1 Å². The Morgan fingerprint density at radius 2 is 1.92 bits per heavy atom. The zero-order valence-corrected chi connectivity index (χ0v) is 8.77. The Hall–Kier alpha value is 0.0700. The molecule has 72 valence electrons. The Balaban J connectivity index is 2.13. The van der Waals surface area contributed by atoms with Crippen molar-refractivity contribution in [2.45, 2.75) is 0 Å². The van der Waals surface area contributed by atoms with E-state index in [0.717, 1.165) is 37.7 Å². The average Bonchev–Trinajstić information content (AvgIpc) is 2.03. The highest BCUT2D eigenvalue weighted by molar-refractivity contribution is 7.85. The second kappa shape index (κ2) is 4.94. The molecule has 3 nitrogen and oxygen atoms in total. The molecule has 12 heavy (non-hydrogen) atoms. The number of hydrogen-bond donors (Lipinski definition) is 0. The first-order chi connectivity index (χ1) is 5.68. The van der Waals surface area contributed by atoms with Gasteiger partial charge in [-0.1, -0.05) is 0 Å². The zero-order valence-electron chi connectivity index (χ0n) is 7.95. The van der Waals surface area contributed by atoms with Crippen LogP contribution in [0.15, 0.2) is 0 Å². The van der Waals surface area contributed by atoms with Gasteiger partial charge in [0, 0.05) is 48.5 Å². The van der Waals surface area contributed by atoms with Gasteiger partial charge in [0.15, 0.2) is 0 Å². The van der Waals surface area contributed by atoms with Crippen molar-refractivity contribution in [3.8, 4) is 0 Å². The molecule has 0 spiro atoms. The summed E-state index contributed by atoms with van der Waals surface area (Å²) in [6.07, 6.45) is 0. The van der Waals surface area contributed by atoms with Crippen molar-refractivity contribution in [1.29, 1.82) is 0 Å². The first-order valence-electron chi connectivity index (χ1n) is 4.40. The molecule has 0 aliphatic carbocycles. The number of rotatable bonds is 3. The van der Waals surface area contributed by atoms with Crippen molar-refractivity contribution in [2.24, 2.45) is 0 Å². The predicted molar refractivity (Wildman–Crippen MR) is 52.9 cm³/mol. The van der Waals surface area contributed by atoms with Gasteiger partial charge in [-0.15, -0.1) is 0 Å². The first-order valence-corrected chi connectivity index (χ1v) is 5.89. The smallest absolute Gasteiger partial charge is 0.0363 e. The lowest BCUT2D eigenvalue weighted by molar-refractivity contribution is 0.259. The van der Waals surface area contributed by atoms with Crippen molar-refractivity contribution in [3.05, 3.63) is 0 Å². The van der Waals surface area contributed by atoms with Crippen LogP contribution in [0.1, 0.15) is 0 Å². The highest BCUT2D eigenvalue weighted by atomic mass is 32.2. The first kappa shape index (κ1) is 10.2. The summed E-state index contributed by atoms with van der Waals surface area (Å²) in [6, 6.07) is 0. The van der Waals surface area contributed by atoms with E-state index in [1.165, 1.54) is 0 Å². The van der Waals surface area contributed by atoms with Crippen molar-refractivity contribution in [1.82, 2.24) is 9.80 Å². The molecular weight excluding hydrogens is 172 g/mol. The Bertz CT molecular complexity index is 151. The summed E-state index contributed by atoms with van der Waals surface area (Å²) in [5.41, 5.74) is 0. The van der Waals surface area contributed by atoms with Crippen molar-refractivity contribution >= 4 is 10.8 Å². The molecule has 1 aliphatic heterocycles. The lowest BCUT2D eigenvalue weighted by atomic mass is 10.4. The molecule has 0 saturated carbocycles. The average molecular weight is 190 g/mol. The normalized spacial score (nSPS) is 21.9. The van der Waals surface area contributed by atoms with Gasteiger partial charge in [-0.3, -0.25) is 4.21 Å².